The van der Waals surface area contributed by atoms with Crippen molar-refractivity contribution < 1.29 is 0 Å². The van der Waals surface area contributed by atoms with Gasteiger partial charge in [-0.05, 0) is 47.6 Å². The predicted molar refractivity (Wildman–Crippen MR) is 51.9 cm³/mol. The highest BCUT2D eigenvalue weighted by molar-refractivity contribution is 7.07. The Hall–Kier alpha value is -0.380. The molecule has 1 aromatic rings. The van der Waals surface area contributed by atoms with Crippen molar-refractivity contribution >= 4 is 11.3 Å². The zero-order chi connectivity index (χ0) is 8.39. The second kappa shape index (κ2) is 3.56. The maximum absolute atomic E-state index is 5.48. The molecule has 1 unspecified atom stereocenters. The second-order valence-corrected chi connectivity index (χ2v) is 4.23. The Kier molecular flexibility index (Phi) is 2.44. The van der Waals surface area contributed by atoms with Crippen LogP contribution in [0.4, 0.5) is 0 Å². The summed E-state index contributed by atoms with van der Waals surface area (Å²) in [5, 5.41) is 4.32. The number of nitrogens with two attached hydrogens (primary N) is 1. The number of hydrogen-bond acceptors (Lipinski definition) is 3. The Morgan fingerprint density at radius 3 is 3.00 bits per heavy atom. The Morgan fingerprint density at radius 1 is 1.67 bits per heavy atom. The van der Waals surface area contributed by atoms with Gasteiger partial charge in [-0.1, -0.05) is 0 Å². The van der Waals surface area contributed by atoms with Gasteiger partial charge < -0.3 is 0 Å². The van der Waals surface area contributed by atoms with Crippen molar-refractivity contribution in [2.75, 3.05) is 0 Å². The third-order valence-corrected chi connectivity index (χ3v) is 3.17. The zero-order valence-electron chi connectivity index (χ0n) is 6.99. The van der Waals surface area contributed by atoms with Crippen LogP contribution in [0, 0.1) is 5.92 Å². The van der Waals surface area contributed by atoms with E-state index in [0.717, 1.165) is 12.3 Å². The van der Waals surface area contributed by atoms with Crippen molar-refractivity contribution in [3.05, 3.63) is 22.4 Å². The van der Waals surface area contributed by atoms with Gasteiger partial charge in [0.2, 0.25) is 0 Å². The molecular weight excluding hydrogens is 168 g/mol. The lowest BCUT2D eigenvalue weighted by atomic mass is 10.1. The molecule has 0 aliphatic heterocycles. The van der Waals surface area contributed by atoms with Crippen molar-refractivity contribution in [2.24, 2.45) is 11.8 Å². The lowest BCUT2D eigenvalue weighted by Crippen LogP contribution is -2.38. The molecule has 0 amide bonds. The molecule has 1 saturated carbocycles. The summed E-state index contributed by atoms with van der Waals surface area (Å²) in [5.74, 6) is 6.31. The van der Waals surface area contributed by atoms with Crippen molar-refractivity contribution in [3.8, 4) is 0 Å². The molecule has 0 radical (unpaired) electrons. The van der Waals surface area contributed by atoms with Gasteiger partial charge in [-0.3, -0.25) is 11.3 Å². The van der Waals surface area contributed by atoms with E-state index in [1.165, 1.54) is 18.4 Å². The third kappa shape index (κ3) is 1.86. The van der Waals surface area contributed by atoms with E-state index in [2.05, 4.69) is 22.3 Å². The van der Waals surface area contributed by atoms with Crippen LogP contribution in [0.15, 0.2) is 16.8 Å². The molecule has 1 aromatic heterocycles. The van der Waals surface area contributed by atoms with Crippen molar-refractivity contribution in [1.82, 2.24) is 5.43 Å². The quantitative estimate of drug-likeness (QED) is 0.547. The van der Waals surface area contributed by atoms with Gasteiger partial charge in [0.15, 0.2) is 0 Å². The maximum atomic E-state index is 5.48. The molecule has 1 atom stereocenters. The van der Waals surface area contributed by atoms with Crippen LogP contribution in [0.2, 0.25) is 0 Å². The van der Waals surface area contributed by atoms with Crippen molar-refractivity contribution in [1.29, 1.82) is 0 Å². The topological polar surface area (TPSA) is 38.0 Å². The lowest BCUT2D eigenvalue weighted by Gasteiger charge is -2.13. The Balaban J connectivity index is 1.91. The summed E-state index contributed by atoms with van der Waals surface area (Å²) in [5.41, 5.74) is 4.32. The van der Waals surface area contributed by atoms with Crippen LogP contribution >= 0.6 is 11.3 Å². The first kappa shape index (κ1) is 8.23. The SMILES string of the molecule is NNC(Cc1ccsc1)C1CC1. The minimum Gasteiger partial charge on any atom is -0.271 e. The molecule has 12 heavy (non-hydrogen) atoms. The maximum Gasteiger partial charge on any atom is 0.0279 e. The highest BCUT2D eigenvalue weighted by atomic mass is 32.1. The van der Waals surface area contributed by atoms with E-state index in [1.807, 2.05) is 0 Å². The average molecular weight is 182 g/mol. The fourth-order valence-corrected chi connectivity index (χ4v) is 2.20. The van der Waals surface area contributed by atoms with Gasteiger partial charge in [-0.2, -0.15) is 11.3 Å². The number of hydrazine groups is 1. The first-order valence-corrected chi connectivity index (χ1v) is 5.31. The number of rotatable bonds is 4. The molecule has 0 saturated heterocycles. The molecule has 1 heterocycles. The molecule has 1 aliphatic carbocycles. The highest BCUT2D eigenvalue weighted by Crippen LogP contribution is 2.33. The molecule has 1 fully saturated rings. The van der Waals surface area contributed by atoms with E-state index in [1.54, 1.807) is 11.3 Å². The van der Waals surface area contributed by atoms with Crippen LogP contribution < -0.4 is 11.3 Å². The van der Waals surface area contributed by atoms with E-state index >= 15 is 0 Å². The van der Waals surface area contributed by atoms with Gasteiger partial charge in [0, 0.05) is 6.04 Å². The summed E-state index contributed by atoms with van der Waals surface area (Å²) in [4.78, 5) is 0. The van der Waals surface area contributed by atoms with Crippen LogP contribution in [0.5, 0.6) is 0 Å². The van der Waals surface area contributed by atoms with Gasteiger partial charge >= 0.3 is 0 Å². The molecule has 2 nitrogen and oxygen atoms in total. The molecule has 0 bridgehead atoms. The summed E-state index contributed by atoms with van der Waals surface area (Å²) in [6, 6.07) is 2.68. The van der Waals surface area contributed by atoms with E-state index in [9.17, 15) is 0 Å². The standard InChI is InChI=1S/C9H14N2S/c10-11-9(8-1-2-8)5-7-3-4-12-6-7/h3-4,6,8-9,11H,1-2,5,10H2. The largest absolute Gasteiger partial charge is 0.271 e. The highest BCUT2D eigenvalue weighted by Gasteiger charge is 2.30. The number of hydrogen-bond donors (Lipinski definition) is 2. The Labute approximate surface area is 76.8 Å². The van der Waals surface area contributed by atoms with Gasteiger partial charge in [0.25, 0.3) is 0 Å². The molecule has 2 rings (SSSR count). The summed E-state index contributed by atoms with van der Waals surface area (Å²) in [6.45, 7) is 0. The molecule has 0 spiro atoms. The van der Waals surface area contributed by atoms with Gasteiger partial charge in [-0.25, -0.2) is 0 Å². The first-order chi connectivity index (χ1) is 5.90. The van der Waals surface area contributed by atoms with Crippen LogP contribution in [0.25, 0.3) is 0 Å². The van der Waals surface area contributed by atoms with Crippen LogP contribution in [0.1, 0.15) is 18.4 Å². The predicted octanol–water partition coefficient (Wildman–Crippen LogP) is 1.53. The van der Waals surface area contributed by atoms with E-state index in [4.69, 9.17) is 5.84 Å². The number of nitrogens with one attached hydrogen (secondary N) is 1. The van der Waals surface area contributed by atoms with Crippen molar-refractivity contribution in [3.63, 3.8) is 0 Å². The summed E-state index contributed by atoms with van der Waals surface area (Å²) in [7, 11) is 0. The third-order valence-electron chi connectivity index (χ3n) is 2.44. The minimum absolute atomic E-state index is 0.500. The smallest absolute Gasteiger partial charge is 0.0279 e. The summed E-state index contributed by atoms with van der Waals surface area (Å²) in [6.07, 6.45) is 3.78. The first-order valence-electron chi connectivity index (χ1n) is 4.37. The normalized spacial score (nSPS) is 19.4. The summed E-state index contributed by atoms with van der Waals surface area (Å²) >= 11 is 1.76. The number of thiophene rings is 1. The van der Waals surface area contributed by atoms with Gasteiger partial charge in [-0.15, -0.1) is 0 Å². The Morgan fingerprint density at radius 2 is 2.50 bits per heavy atom. The fraction of sp³-hybridized carbons (Fsp3) is 0.556. The van der Waals surface area contributed by atoms with Crippen molar-refractivity contribution in [2.45, 2.75) is 25.3 Å². The summed E-state index contributed by atoms with van der Waals surface area (Å²) < 4.78 is 0. The van der Waals surface area contributed by atoms with E-state index < -0.39 is 0 Å². The van der Waals surface area contributed by atoms with Gasteiger partial charge in [0.05, 0.1) is 0 Å². The zero-order valence-corrected chi connectivity index (χ0v) is 7.81. The minimum atomic E-state index is 0.500. The second-order valence-electron chi connectivity index (χ2n) is 3.45. The van der Waals surface area contributed by atoms with Gasteiger partial charge in [0.1, 0.15) is 0 Å². The molecule has 0 aromatic carbocycles. The van der Waals surface area contributed by atoms with Crippen LogP contribution in [-0.2, 0) is 6.42 Å². The van der Waals surface area contributed by atoms with E-state index in [-0.39, 0.29) is 0 Å². The molecule has 3 N–H and O–H groups in total. The average Bonchev–Trinajstić information content (AvgIpc) is 2.80. The lowest BCUT2D eigenvalue weighted by molar-refractivity contribution is 0.473. The van der Waals surface area contributed by atoms with Crippen LogP contribution in [-0.4, -0.2) is 6.04 Å². The van der Waals surface area contributed by atoms with E-state index in [0.29, 0.717) is 6.04 Å². The molecule has 1 aliphatic rings. The van der Waals surface area contributed by atoms with Crippen LogP contribution in [0.3, 0.4) is 0 Å². The Bertz CT molecular complexity index is 229. The molecule has 66 valence electrons. The monoisotopic (exact) mass is 182 g/mol. The molecule has 3 heteroatoms. The fourth-order valence-electron chi connectivity index (χ4n) is 1.52. The molecular formula is C9H14N2S.